The molecule has 5 aromatic rings. The first-order chi connectivity index (χ1) is 19.8. The van der Waals surface area contributed by atoms with Crippen molar-refractivity contribution in [2.75, 3.05) is 76.0 Å². The number of hydrogen-bond acceptors (Lipinski definition) is 11. The number of furan rings is 1. The fourth-order valence-corrected chi connectivity index (χ4v) is 4.99. The van der Waals surface area contributed by atoms with Crippen molar-refractivity contribution in [3.63, 3.8) is 0 Å². The van der Waals surface area contributed by atoms with Crippen LogP contribution in [-0.2, 0) is 9.47 Å². The lowest BCUT2D eigenvalue weighted by molar-refractivity contribution is 0.0320. The van der Waals surface area contributed by atoms with Gasteiger partial charge in [0, 0.05) is 50.4 Å². The van der Waals surface area contributed by atoms with E-state index in [1.807, 2.05) is 48.5 Å². The molecule has 4 aromatic heterocycles. The average molecular weight is 579 g/mol. The van der Waals surface area contributed by atoms with Crippen molar-refractivity contribution in [3.8, 4) is 17.1 Å². The molecule has 7 rings (SSSR count). The van der Waals surface area contributed by atoms with Crippen LogP contribution in [-0.4, -0.2) is 95.8 Å². The summed E-state index contributed by atoms with van der Waals surface area (Å²) in [5.41, 5.74) is 3.59. The molecule has 12 nitrogen and oxygen atoms in total. The van der Waals surface area contributed by atoms with Gasteiger partial charge < -0.3 is 28.8 Å². The van der Waals surface area contributed by atoms with E-state index >= 15 is 0 Å². The Balaban J connectivity index is 0.00000302. The second-order valence-electron chi connectivity index (χ2n) is 9.71. The molecule has 2 aliphatic heterocycles. The third-order valence-corrected chi connectivity index (χ3v) is 7.10. The van der Waals surface area contributed by atoms with Crippen LogP contribution in [0.4, 0.5) is 17.6 Å². The molecule has 0 unspecified atom stereocenters. The molecule has 2 fully saturated rings. The number of pyridine rings is 1. The smallest absolute Gasteiger partial charge is 0.232 e. The third-order valence-electron chi connectivity index (χ3n) is 7.10. The van der Waals surface area contributed by atoms with E-state index in [4.69, 9.17) is 28.6 Å². The number of halogens is 1. The second kappa shape index (κ2) is 12.3. The van der Waals surface area contributed by atoms with Gasteiger partial charge in [0.2, 0.25) is 17.5 Å². The summed E-state index contributed by atoms with van der Waals surface area (Å²) in [6.45, 7) is 7.38. The summed E-state index contributed by atoms with van der Waals surface area (Å²) in [4.78, 5) is 18.8. The maximum Gasteiger partial charge on any atom is 0.232 e. The van der Waals surface area contributed by atoms with Gasteiger partial charge in [0.1, 0.15) is 17.9 Å². The summed E-state index contributed by atoms with van der Waals surface area (Å²) in [6.07, 6.45) is 0. The minimum Gasteiger partial charge on any atom is -0.476 e. The van der Waals surface area contributed by atoms with Crippen LogP contribution in [0.25, 0.3) is 33.5 Å². The van der Waals surface area contributed by atoms with Crippen LogP contribution >= 0.6 is 12.4 Å². The Morgan fingerprint density at radius 3 is 2.49 bits per heavy atom. The SMILES string of the molecule is Cl.c1ccc(-c2cc(Nc3nc(N4CCOCC4)c4oc5nc(OCCN6CCOCC6)ccc5c4n3)[nH]n2)cc1. The summed E-state index contributed by atoms with van der Waals surface area (Å²) in [5.74, 6) is 2.34. The van der Waals surface area contributed by atoms with Gasteiger partial charge in [-0.05, 0) is 6.07 Å². The number of nitrogens with one attached hydrogen (secondary N) is 2. The first-order valence-electron chi connectivity index (χ1n) is 13.5. The van der Waals surface area contributed by atoms with Gasteiger partial charge in [0.15, 0.2) is 11.4 Å². The number of rotatable bonds is 8. The van der Waals surface area contributed by atoms with Crippen molar-refractivity contribution >= 4 is 52.2 Å². The van der Waals surface area contributed by atoms with E-state index in [0.29, 0.717) is 73.2 Å². The Kier molecular flexibility index (Phi) is 8.14. The molecular weight excluding hydrogens is 548 g/mol. The molecular formula is C28H31ClN8O4. The van der Waals surface area contributed by atoms with Crippen molar-refractivity contribution < 1.29 is 18.6 Å². The average Bonchev–Trinajstić information content (AvgIpc) is 3.63. The van der Waals surface area contributed by atoms with Crippen molar-refractivity contribution in [1.82, 2.24) is 30.0 Å². The highest BCUT2D eigenvalue weighted by Crippen LogP contribution is 2.35. The predicted molar refractivity (Wildman–Crippen MR) is 157 cm³/mol. The summed E-state index contributed by atoms with van der Waals surface area (Å²) in [7, 11) is 0. The predicted octanol–water partition coefficient (Wildman–Crippen LogP) is 3.87. The van der Waals surface area contributed by atoms with E-state index in [9.17, 15) is 0 Å². The zero-order chi connectivity index (χ0) is 26.7. The number of fused-ring (bicyclic) bond motifs is 3. The lowest BCUT2D eigenvalue weighted by Crippen LogP contribution is -2.38. The summed E-state index contributed by atoms with van der Waals surface area (Å²) >= 11 is 0. The van der Waals surface area contributed by atoms with Crippen molar-refractivity contribution in [2.24, 2.45) is 0 Å². The quantitative estimate of drug-likeness (QED) is 0.278. The van der Waals surface area contributed by atoms with E-state index in [0.717, 1.165) is 49.5 Å². The lowest BCUT2D eigenvalue weighted by Gasteiger charge is -2.27. The third kappa shape index (κ3) is 5.91. The largest absolute Gasteiger partial charge is 0.476 e. The number of nitrogens with zero attached hydrogens (tertiary/aromatic N) is 6. The van der Waals surface area contributed by atoms with Crippen molar-refractivity contribution in [1.29, 1.82) is 0 Å². The molecule has 13 heteroatoms. The highest BCUT2D eigenvalue weighted by molar-refractivity contribution is 6.05. The Bertz CT molecular complexity index is 1600. The number of anilines is 3. The van der Waals surface area contributed by atoms with Crippen LogP contribution < -0.4 is 15.0 Å². The van der Waals surface area contributed by atoms with Gasteiger partial charge >= 0.3 is 0 Å². The van der Waals surface area contributed by atoms with Gasteiger partial charge in [-0.15, -0.1) is 12.4 Å². The Morgan fingerprint density at radius 2 is 1.68 bits per heavy atom. The first kappa shape index (κ1) is 27.2. The molecule has 0 spiro atoms. The van der Waals surface area contributed by atoms with Gasteiger partial charge in [0.25, 0.3) is 0 Å². The maximum absolute atomic E-state index is 6.27. The molecule has 0 amide bonds. The van der Waals surface area contributed by atoms with Crippen LogP contribution in [0.1, 0.15) is 0 Å². The highest BCUT2D eigenvalue weighted by atomic mass is 35.5. The molecule has 0 aliphatic carbocycles. The van der Waals surface area contributed by atoms with E-state index in [2.05, 4.69) is 30.3 Å². The van der Waals surface area contributed by atoms with E-state index in [-0.39, 0.29) is 12.4 Å². The fraction of sp³-hybridized carbons (Fsp3) is 0.357. The number of aromatic amines is 1. The molecule has 2 saturated heterocycles. The monoisotopic (exact) mass is 578 g/mol. The number of hydrogen-bond donors (Lipinski definition) is 2. The number of benzene rings is 1. The Hall–Kier alpha value is -3.97. The van der Waals surface area contributed by atoms with Crippen LogP contribution in [0.15, 0.2) is 52.9 Å². The molecule has 0 atom stereocenters. The minimum absolute atomic E-state index is 0. The van der Waals surface area contributed by atoms with Gasteiger partial charge in [-0.25, -0.2) is 4.98 Å². The molecule has 0 saturated carbocycles. The second-order valence-corrected chi connectivity index (χ2v) is 9.71. The zero-order valence-corrected chi connectivity index (χ0v) is 23.2. The van der Waals surface area contributed by atoms with Crippen LogP contribution in [0.5, 0.6) is 5.88 Å². The Morgan fingerprint density at radius 1 is 0.902 bits per heavy atom. The molecule has 6 heterocycles. The van der Waals surface area contributed by atoms with Gasteiger partial charge in [-0.1, -0.05) is 30.3 Å². The van der Waals surface area contributed by atoms with Gasteiger partial charge in [0.05, 0.1) is 37.5 Å². The molecule has 2 N–H and O–H groups in total. The van der Waals surface area contributed by atoms with Crippen molar-refractivity contribution in [3.05, 3.63) is 48.5 Å². The van der Waals surface area contributed by atoms with Gasteiger partial charge in [-0.3, -0.25) is 10.00 Å². The van der Waals surface area contributed by atoms with E-state index < -0.39 is 0 Å². The van der Waals surface area contributed by atoms with Gasteiger partial charge in [-0.2, -0.15) is 15.1 Å². The standard InChI is InChI=1S/C28H30N8O4.ClH/c1-2-4-19(5-3-1)21-18-22(34-33-21)29-28-31-24-20-6-7-23(39-17-10-35-8-13-37-14-9-35)30-27(20)40-25(24)26(32-28)36-11-15-38-16-12-36;/h1-7,18H,8-17H2,(H2,29,31,32,33,34);1H. The molecule has 214 valence electrons. The lowest BCUT2D eigenvalue weighted by atomic mass is 10.2. The summed E-state index contributed by atoms with van der Waals surface area (Å²) < 4.78 is 23.2. The van der Waals surface area contributed by atoms with Crippen LogP contribution in [0, 0.1) is 0 Å². The molecule has 0 bridgehead atoms. The molecule has 0 radical (unpaired) electrons. The van der Waals surface area contributed by atoms with E-state index in [1.165, 1.54) is 0 Å². The van der Waals surface area contributed by atoms with Crippen LogP contribution in [0.2, 0.25) is 0 Å². The Labute approximate surface area is 242 Å². The highest BCUT2D eigenvalue weighted by Gasteiger charge is 2.23. The fourth-order valence-electron chi connectivity index (χ4n) is 4.99. The number of ether oxygens (including phenoxy) is 3. The zero-order valence-electron chi connectivity index (χ0n) is 22.4. The minimum atomic E-state index is 0. The molecule has 2 aliphatic rings. The van der Waals surface area contributed by atoms with E-state index in [1.54, 1.807) is 0 Å². The topological polar surface area (TPSA) is 127 Å². The molecule has 41 heavy (non-hydrogen) atoms. The normalized spacial score (nSPS) is 16.1. The summed E-state index contributed by atoms with van der Waals surface area (Å²) in [5, 5.41) is 11.6. The first-order valence-corrected chi connectivity index (χ1v) is 13.5. The number of H-pyrrole nitrogens is 1. The van der Waals surface area contributed by atoms with Crippen LogP contribution in [0.3, 0.4) is 0 Å². The maximum atomic E-state index is 6.27. The number of aromatic nitrogens is 5. The summed E-state index contributed by atoms with van der Waals surface area (Å²) in [6, 6.07) is 15.7. The number of morpholine rings is 2. The van der Waals surface area contributed by atoms with Crippen molar-refractivity contribution in [2.45, 2.75) is 0 Å². The molecule has 1 aromatic carbocycles.